The maximum atomic E-state index is 5.76. The first-order chi connectivity index (χ1) is 5.83. The van der Waals surface area contributed by atoms with E-state index < -0.39 is 0 Å². The Morgan fingerprint density at radius 3 is 2.57 bits per heavy atom. The van der Waals surface area contributed by atoms with E-state index in [2.05, 4.69) is 6.07 Å². The van der Waals surface area contributed by atoms with E-state index in [1.165, 1.54) is 4.70 Å². The third-order valence-electron chi connectivity index (χ3n) is 1.69. The maximum Gasteiger partial charge on any atom is 0.163 e. The molecule has 0 amide bonds. The number of benzene rings is 1. The van der Waals surface area contributed by atoms with Gasteiger partial charge in [0.15, 0.2) is 3.95 Å². The van der Waals surface area contributed by atoms with Crippen LogP contribution in [-0.4, -0.2) is 15.5 Å². The van der Waals surface area contributed by atoms with Crippen molar-refractivity contribution >= 4 is 45.4 Å². The molecule has 0 unspecified atom stereocenters. The molecule has 1 aromatic carbocycles. The van der Waals surface area contributed by atoms with Gasteiger partial charge in [0.25, 0.3) is 0 Å². The van der Waals surface area contributed by atoms with Gasteiger partial charge in [0.05, 0.1) is 16.2 Å². The summed E-state index contributed by atoms with van der Waals surface area (Å²) in [6.45, 7) is 0. The van der Waals surface area contributed by atoms with E-state index in [9.17, 15) is 0 Å². The molecule has 0 aliphatic rings. The molecule has 0 radical (unpaired) electrons. The van der Waals surface area contributed by atoms with Gasteiger partial charge in [-0.05, 0) is 24.4 Å². The lowest BCUT2D eigenvalue weighted by Gasteiger charge is -1.95. The molecule has 1 heterocycles. The summed E-state index contributed by atoms with van der Waals surface area (Å²) in [6, 6.07) is 8.52. The Hall–Kier alpha value is -0.460. The molecular weight excluding hydrogens is 242 g/mol. The van der Waals surface area contributed by atoms with Crippen LogP contribution in [0.4, 0.5) is 0 Å². The van der Waals surface area contributed by atoms with E-state index in [-0.39, 0.29) is 11.0 Å². The Balaban J connectivity index is 0.000000845. The zero-order valence-corrected chi connectivity index (χ0v) is 9.55. The Bertz CT molecular complexity index is 466. The Kier molecular flexibility index (Phi) is 5.25. The van der Waals surface area contributed by atoms with Gasteiger partial charge in [-0.15, -0.1) is 22.9 Å². The fraction of sp³-hybridized carbons (Fsp3) is 0.125. The molecule has 0 spiro atoms. The van der Waals surface area contributed by atoms with Gasteiger partial charge >= 0.3 is 0 Å². The van der Waals surface area contributed by atoms with Gasteiger partial charge in [-0.2, -0.15) is 0 Å². The monoisotopic (exact) mass is 251 g/mol. The number of rotatable bonds is 1. The molecule has 0 fully saturated rings. The van der Waals surface area contributed by atoms with Gasteiger partial charge < -0.3 is 15.5 Å². The molecule has 6 heteroatoms. The molecule has 2 rings (SSSR count). The first-order valence-corrected chi connectivity index (χ1v) is 5.23. The smallest absolute Gasteiger partial charge is 0.163 e. The van der Waals surface area contributed by atoms with E-state index in [4.69, 9.17) is 23.8 Å². The molecule has 0 saturated carbocycles. The van der Waals surface area contributed by atoms with E-state index in [1.807, 2.05) is 22.8 Å². The lowest BCUT2D eigenvalue weighted by atomic mass is 10.3. The minimum absolute atomic E-state index is 0. The third-order valence-corrected chi connectivity index (χ3v) is 3.36. The molecule has 0 atom stereocenters. The first kappa shape index (κ1) is 13.5. The Labute approximate surface area is 95.2 Å². The van der Waals surface area contributed by atoms with Crippen LogP contribution >= 0.6 is 35.2 Å². The van der Waals surface area contributed by atoms with Crippen molar-refractivity contribution in [2.75, 3.05) is 0 Å². The van der Waals surface area contributed by atoms with Crippen molar-refractivity contribution in [3.05, 3.63) is 28.2 Å². The molecule has 4 N–H and O–H groups in total. The van der Waals surface area contributed by atoms with Crippen LogP contribution < -0.4 is 0 Å². The molecule has 0 aliphatic heterocycles. The quantitative estimate of drug-likeness (QED) is 0.564. The zero-order chi connectivity index (χ0) is 8.55. The van der Waals surface area contributed by atoms with Crippen LogP contribution in [0.1, 0.15) is 0 Å². The predicted molar refractivity (Wildman–Crippen MR) is 63.7 cm³/mol. The molecule has 0 aliphatic carbocycles. The Morgan fingerprint density at radius 1 is 1.29 bits per heavy atom. The fourth-order valence-corrected chi connectivity index (χ4v) is 2.84. The summed E-state index contributed by atoms with van der Waals surface area (Å²) in [5.41, 5.74) is 1.13. The van der Waals surface area contributed by atoms with Crippen LogP contribution in [0.3, 0.4) is 0 Å². The second-order valence-electron chi connectivity index (χ2n) is 2.38. The fourth-order valence-electron chi connectivity index (χ4n) is 1.13. The van der Waals surface area contributed by atoms with Crippen LogP contribution in [0.15, 0.2) is 24.3 Å². The van der Waals surface area contributed by atoms with Gasteiger partial charge in [-0.1, -0.05) is 12.1 Å². The summed E-state index contributed by atoms with van der Waals surface area (Å²) in [5.74, 6) is 0. The average molecular weight is 252 g/mol. The SMILES string of the molecule is O.O.S=c1sc2ccccc2n1CCl. The number of hydrogen-bond acceptors (Lipinski definition) is 2. The number of halogens is 1. The number of alkyl halides is 1. The average Bonchev–Trinajstić information content (AvgIpc) is 2.40. The van der Waals surface area contributed by atoms with Crippen molar-refractivity contribution in [3.8, 4) is 0 Å². The lowest BCUT2D eigenvalue weighted by Crippen LogP contribution is -1.89. The maximum absolute atomic E-state index is 5.76. The minimum Gasteiger partial charge on any atom is -0.412 e. The number of hydrogen-bond donors (Lipinski definition) is 0. The van der Waals surface area contributed by atoms with E-state index in [0.29, 0.717) is 6.00 Å². The van der Waals surface area contributed by atoms with Crippen LogP contribution in [0.25, 0.3) is 10.2 Å². The topological polar surface area (TPSA) is 67.9 Å². The standard InChI is InChI=1S/C8H6ClNS2.2H2O/c9-5-10-6-3-1-2-4-7(6)12-8(10)11;;/h1-4H,5H2;2*1H2. The summed E-state index contributed by atoms with van der Waals surface area (Å²) >= 11 is 12.5. The van der Waals surface area contributed by atoms with Crippen molar-refractivity contribution < 1.29 is 11.0 Å². The van der Waals surface area contributed by atoms with E-state index >= 15 is 0 Å². The summed E-state index contributed by atoms with van der Waals surface area (Å²) in [4.78, 5) is 0. The molecule has 3 nitrogen and oxygen atoms in total. The van der Waals surface area contributed by atoms with Gasteiger partial charge in [0.2, 0.25) is 0 Å². The van der Waals surface area contributed by atoms with Gasteiger partial charge in [0, 0.05) is 0 Å². The van der Waals surface area contributed by atoms with Crippen molar-refractivity contribution in [1.82, 2.24) is 4.57 Å². The van der Waals surface area contributed by atoms with Crippen LogP contribution in [0.2, 0.25) is 0 Å². The largest absolute Gasteiger partial charge is 0.412 e. The highest BCUT2D eigenvalue weighted by atomic mass is 35.5. The summed E-state index contributed by atoms with van der Waals surface area (Å²) in [7, 11) is 0. The van der Waals surface area contributed by atoms with Gasteiger partial charge in [-0.25, -0.2) is 0 Å². The van der Waals surface area contributed by atoms with Crippen molar-refractivity contribution in [2.45, 2.75) is 6.00 Å². The molecule has 2 aromatic rings. The van der Waals surface area contributed by atoms with Crippen molar-refractivity contribution in [1.29, 1.82) is 0 Å². The molecule has 1 aromatic heterocycles. The second-order valence-corrected chi connectivity index (χ2v) is 4.30. The Morgan fingerprint density at radius 2 is 1.93 bits per heavy atom. The number of fused-ring (bicyclic) bond motifs is 1. The molecule has 14 heavy (non-hydrogen) atoms. The zero-order valence-electron chi connectivity index (χ0n) is 7.16. The highest BCUT2D eigenvalue weighted by molar-refractivity contribution is 7.73. The van der Waals surface area contributed by atoms with Crippen LogP contribution in [0.5, 0.6) is 0 Å². The lowest BCUT2D eigenvalue weighted by molar-refractivity contribution is 0.823. The number of para-hydroxylation sites is 1. The van der Waals surface area contributed by atoms with Gasteiger partial charge in [-0.3, -0.25) is 0 Å². The van der Waals surface area contributed by atoms with E-state index in [0.717, 1.165) is 9.47 Å². The van der Waals surface area contributed by atoms with Crippen LogP contribution in [-0.2, 0) is 6.00 Å². The highest BCUT2D eigenvalue weighted by Gasteiger charge is 2.01. The normalized spacial score (nSPS) is 9.21. The predicted octanol–water partition coefficient (Wildman–Crippen LogP) is 1.98. The third kappa shape index (κ3) is 2.13. The van der Waals surface area contributed by atoms with E-state index in [1.54, 1.807) is 11.3 Å². The highest BCUT2D eigenvalue weighted by Crippen LogP contribution is 2.22. The molecular formula is C8H10ClNO2S2. The summed E-state index contributed by atoms with van der Waals surface area (Å²) < 4.78 is 3.96. The first-order valence-electron chi connectivity index (χ1n) is 3.47. The number of aromatic nitrogens is 1. The number of nitrogens with zero attached hydrogens (tertiary/aromatic N) is 1. The van der Waals surface area contributed by atoms with Crippen molar-refractivity contribution in [2.24, 2.45) is 0 Å². The molecule has 0 saturated heterocycles. The second kappa shape index (κ2) is 5.43. The van der Waals surface area contributed by atoms with Crippen LogP contribution in [0, 0.1) is 3.95 Å². The van der Waals surface area contributed by atoms with Gasteiger partial charge in [0.1, 0.15) is 0 Å². The summed E-state index contributed by atoms with van der Waals surface area (Å²) in [5, 5.41) is 0. The molecule has 78 valence electrons. The minimum atomic E-state index is 0. The molecule has 0 bridgehead atoms. The summed E-state index contributed by atoms with van der Waals surface area (Å²) in [6.07, 6.45) is 0. The number of thiazole rings is 1. The van der Waals surface area contributed by atoms with Crippen molar-refractivity contribution in [3.63, 3.8) is 0 Å².